The van der Waals surface area contributed by atoms with E-state index < -0.39 is 6.29 Å². The molecule has 2 rings (SSSR count). The van der Waals surface area contributed by atoms with E-state index in [1.165, 1.54) is 0 Å². The minimum atomic E-state index is -0.937. The summed E-state index contributed by atoms with van der Waals surface area (Å²) in [6.07, 6.45) is -0.937. The van der Waals surface area contributed by atoms with E-state index in [0.717, 1.165) is 20.1 Å². The number of rotatable bonds is 4. The molecule has 1 atom stereocenters. The molecule has 0 amide bonds. The van der Waals surface area contributed by atoms with Crippen LogP contribution < -0.4 is 0 Å². The van der Waals surface area contributed by atoms with Crippen LogP contribution in [-0.2, 0) is 11.3 Å². The van der Waals surface area contributed by atoms with Crippen molar-refractivity contribution < 1.29 is 9.84 Å². The van der Waals surface area contributed by atoms with E-state index in [4.69, 9.17) is 4.74 Å². The Balaban J connectivity index is 2.03. The molecule has 0 heterocycles. The Bertz CT molecular complexity index is 529. The summed E-state index contributed by atoms with van der Waals surface area (Å²) < 4.78 is 7.29. The lowest BCUT2D eigenvalue weighted by Gasteiger charge is -2.14. The van der Waals surface area contributed by atoms with E-state index in [2.05, 4.69) is 31.9 Å². The fourth-order valence-corrected chi connectivity index (χ4v) is 2.43. The monoisotopic (exact) mass is 370 g/mol. The number of aliphatic hydroxyl groups is 1. The normalized spacial score (nSPS) is 12.4. The highest BCUT2D eigenvalue weighted by atomic mass is 79.9. The van der Waals surface area contributed by atoms with Gasteiger partial charge >= 0.3 is 0 Å². The first-order chi connectivity index (χ1) is 8.68. The van der Waals surface area contributed by atoms with Crippen molar-refractivity contribution in [2.45, 2.75) is 12.9 Å². The van der Waals surface area contributed by atoms with Crippen LogP contribution in [0.4, 0.5) is 0 Å². The molecule has 0 fully saturated rings. The molecule has 0 spiro atoms. The zero-order valence-electron chi connectivity index (χ0n) is 9.51. The Morgan fingerprint density at radius 2 is 1.56 bits per heavy atom. The van der Waals surface area contributed by atoms with Crippen molar-refractivity contribution in [3.63, 3.8) is 0 Å². The fraction of sp³-hybridized carbons (Fsp3) is 0.143. The summed E-state index contributed by atoms with van der Waals surface area (Å²) in [5.74, 6) is 0. The van der Waals surface area contributed by atoms with Crippen LogP contribution in [-0.4, -0.2) is 5.11 Å². The molecular weight excluding hydrogens is 360 g/mol. The molecule has 0 aliphatic carbocycles. The molecule has 0 aromatic heterocycles. The van der Waals surface area contributed by atoms with Crippen LogP contribution in [0.2, 0.25) is 0 Å². The van der Waals surface area contributed by atoms with Gasteiger partial charge in [0.05, 0.1) is 6.61 Å². The van der Waals surface area contributed by atoms with E-state index in [0.29, 0.717) is 6.61 Å². The van der Waals surface area contributed by atoms with Crippen molar-refractivity contribution in [2.75, 3.05) is 0 Å². The van der Waals surface area contributed by atoms with Crippen LogP contribution in [0.3, 0.4) is 0 Å². The Morgan fingerprint density at radius 1 is 0.944 bits per heavy atom. The zero-order chi connectivity index (χ0) is 13.0. The number of hydrogen-bond acceptors (Lipinski definition) is 2. The molecule has 0 aliphatic heterocycles. The third-order valence-electron chi connectivity index (χ3n) is 2.53. The zero-order valence-corrected chi connectivity index (χ0v) is 12.7. The molecule has 1 N–H and O–H groups in total. The number of hydrogen-bond donors (Lipinski definition) is 1. The maximum absolute atomic E-state index is 9.99. The standard InChI is InChI=1S/C14H12Br2O2/c15-12-7-3-1-5-10(12)9-18-14(17)11-6-2-4-8-13(11)16/h1-8,14,17H,9H2. The SMILES string of the molecule is OC(OCc1ccccc1Br)c1ccccc1Br. The number of benzene rings is 2. The Labute approximate surface area is 123 Å². The van der Waals surface area contributed by atoms with E-state index in [-0.39, 0.29) is 0 Å². The first-order valence-corrected chi connectivity index (χ1v) is 7.04. The van der Waals surface area contributed by atoms with Gasteiger partial charge in [0.2, 0.25) is 0 Å². The topological polar surface area (TPSA) is 29.5 Å². The Morgan fingerprint density at radius 3 is 2.22 bits per heavy atom. The van der Waals surface area contributed by atoms with Crippen molar-refractivity contribution in [1.82, 2.24) is 0 Å². The second kappa shape index (κ2) is 6.48. The second-order valence-electron chi connectivity index (χ2n) is 3.78. The molecule has 0 radical (unpaired) electrons. The minimum Gasteiger partial charge on any atom is -0.364 e. The lowest BCUT2D eigenvalue weighted by atomic mass is 10.2. The van der Waals surface area contributed by atoms with Crippen molar-refractivity contribution in [3.05, 3.63) is 68.6 Å². The highest BCUT2D eigenvalue weighted by molar-refractivity contribution is 9.10. The van der Waals surface area contributed by atoms with Crippen LogP contribution >= 0.6 is 31.9 Å². The van der Waals surface area contributed by atoms with Crippen molar-refractivity contribution in [2.24, 2.45) is 0 Å². The molecule has 0 saturated heterocycles. The van der Waals surface area contributed by atoms with Crippen molar-refractivity contribution >= 4 is 31.9 Å². The van der Waals surface area contributed by atoms with Gasteiger partial charge in [-0.25, -0.2) is 0 Å². The van der Waals surface area contributed by atoms with Gasteiger partial charge in [-0.1, -0.05) is 68.3 Å². The number of aliphatic hydroxyl groups excluding tert-OH is 1. The van der Waals surface area contributed by atoms with Gasteiger partial charge in [-0.05, 0) is 17.7 Å². The van der Waals surface area contributed by atoms with Gasteiger partial charge in [0.15, 0.2) is 6.29 Å². The molecule has 4 heteroatoms. The number of ether oxygens (including phenoxy) is 1. The summed E-state index contributed by atoms with van der Waals surface area (Å²) in [5, 5.41) is 9.99. The molecule has 1 unspecified atom stereocenters. The van der Waals surface area contributed by atoms with Gasteiger partial charge in [0, 0.05) is 14.5 Å². The highest BCUT2D eigenvalue weighted by Crippen LogP contribution is 2.25. The summed E-state index contributed by atoms with van der Waals surface area (Å²) >= 11 is 6.83. The lowest BCUT2D eigenvalue weighted by Crippen LogP contribution is -2.04. The molecule has 94 valence electrons. The first kappa shape index (κ1) is 13.7. The predicted octanol–water partition coefficient (Wildman–Crippen LogP) is 4.42. The van der Waals surface area contributed by atoms with Gasteiger partial charge in [0.25, 0.3) is 0 Å². The van der Waals surface area contributed by atoms with Crippen LogP contribution in [0.15, 0.2) is 57.5 Å². The molecule has 18 heavy (non-hydrogen) atoms. The van der Waals surface area contributed by atoms with Crippen LogP contribution in [0.25, 0.3) is 0 Å². The average Bonchev–Trinajstić information content (AvgIpc) is 2.38. The smallest absolute Gasteiger partial charge is 0.182 e. The van der Waals surface area contributed by atoms with Gasteiger partial charge in [-0.2, -0.15) is 0 Å². The van der Waals surface area contributed by atoms with Crippen molar-refractivity contribution in [3.8, 4) is 0 Å². The Hall–Kier alpha value is -0.680. The Kier molecular flexibility index (Phi) is 4.95. The van der Waals surface area contributed by atoms with Gasteiger partial charge in [-0.3, -0.25) is 0 Å². The number of halogens is 2. The molecule has 2 nitrogen and oxygen atoms in total. The summed E-state index contributed by atoms with van der Waals surface area (Å²) in [5.41, 5.74) is 1.73. The predicted molar refractivity (Wildman–Crippen MR) is 78.0 cm³/mol. The lowest BCUT2D eigenvalue weighted by molar-refractivity contribution is -0.112. The average molecular weight is 372 g/mol. The summed E-state index contributed by atoms with van der Waals surface area (Å²) in [6, 6.07) is 15.3. The second-order valence-corrected chi connectivity index (χ2v) is 5.48. The summed E-state index contributed by atoms with van der Waals surface area (Å²) in [4.78, 5) is 0. The quantitative estimate of drug-likeness (QED) is 0.806. The summed E-state index contributed by atoms with van der Waals surface area (Å²) in [6.45, 7) is 0.351. The van der Waals surface area contributed by atoms with Gasteiger partial charge in [-0.15, -0.1) is 0 Å². The summed E-state index contributed by atoms with van der Waals surface area (Å²) in [7, 11) is 0. The van der Waals surface area contributed by atoms with Crippen LogP contribution in [0.5, 0.6) is 0 Å². The fourth-order valence-electron chi connectivity index (χ4n) is 1.55. The van der Waals surface area contributed by atoms with Gasteiger partial charge < -0.3 is 9.84 Å². The maximum atomic E-state index is 9.99. The molecule has 0 aliphatic rings. The molecule has 2 aromatic carbocycles. The largest absolute Gasteiger partial charge is 0.364 e. The minimum absolute atomic E-state index is 0.351. The van der Waals surface area contributed by atoms with Crippen LogP contribution in [0.1, 0.15) is 17.4 Å². The molecule has 2 aromatic rings. The first-order valence-electron chi connectivity index (χ1n) is 5.46. The van der Waals surface area contributed by atoms with Gasteiger partial charge in [0.1, 0.15) is 0 Å². The molecule has 0 bridgehead atoms. The van der Waals surface area contributed by atoms with Crippen LogP contribution in [0, 0.1) is 0 Å². The van der Waals surface area contributed by atoms with E-state index >= 15 is 0 Å². The third kappa shape index (κ3) is 3.42. The van der Waals surface area contributed by atoms with E-state index in [1.807, 2.05) is 48.5 Å². The van der Waals surface area contributed by atoms with Crippen molar-refractivity contribution in [1.29, 1.82) is 0 Å². The molecular formula is C14H12Br2O2. The molecule has 0 saturated carbocycles. The third-order valence-corrected chi connectivity index (χ3v) is 4.02. The highest BCUT2D eigenvalue weighted by Gasteiger charge is 2.11. The van der Waals surface area contributed by atoms with E-state index in [1.54, 1.807) is 0 Å². The van der Waals surface area contributed by atoms with E-state index in [9.17, 15) is 5.11 Å². The maximum Gasteiger partial charge on any atom is 0.182 e.